The highest BCUT2D eigenvalue weighted by molar-refractivity contribution is 5.69. The zero-order valence-electron chi connectivity index (χ0n) is 18.0. The number of benzene rings is 3. The van der Waals surface area contributed by atoms with Crippen LogP contribution in [0.2, 0.25) is 0 Å². The molecule has 0 radical (unpaired) electrons. The lowest BCUT2D eigenvalue weighted by Gasteiger charge is -2.09. The summed E-state index contributed by atoms with van der Waals surface area (Å²) in [5, 5.41) is 0. The second-order valence-electron chi connectivity index (χ2n) is 7.83. The lowest BCUT2D eigenvalue weighted by Crippen LogP contribution is -2.00. The van der Waals surface area contributed by atoms with Gasteiger partial charge in [0.05, 0.1) is 5.69 Å². The Hall–Kier alpha value is -4.18. The van der Waals surface area contributed by atoms with E-state index in [9.17, 15) is 0 Å². The van der Waals surface area contributed by atoms with Gasteiger partial charge in [-0.15, -0.1) is 0 Å². The highest BCUT2D eigenvalue weighted by Gasteiger charge is 2.12. The third-order valence-corrected chi connectivity index (χ3v) is 5.36. The summed E-state index contributed by atoms with van der Waals surface area (Å²) in [6, 6.07) is 30.6. The molecule has 0 aliphatic heterocycles. The number of pyridine rings is 1. The first kappa shape index (κ1) is 19.8. The van der Waals surface area contributed by atoms with E-state index in [1.165, 1.54) is 11.1 Å². The minimum atomic E-state index is 0.652. The molecule has 0 atom stereocenters. The predicted molar refractivity (Wildman–Crippen MR) is 129 cm³/mol. The quantitative estimate of drug-likeness (QED) is 0.334. The van der Waals surface area contributed by atoms with Crippen molar-refractivity contribution in [2.45, 2.75) is 13.8 Å². The van der Waals surface area contributed by atoms with E-state index in [0.29, 0.717) is 17.5 Å². The third-order valence-electron chi connectivity index (χ3n) is 5.36. The van der Waals surface area contributed by atoms with E-state index < -0.39 is 0 Å². The molecule has 3 aromatic carbocycles. The molecular formula is C28H22N4. The van der Waals surface area contributed by atoms with Crippen LogP contribution in [0.5, 0.6) is 0 Å². The van der Waals surface area contributed by atoms with Gasteiger partial charge in [0, 0.05) is 28.5 Å². The summed E-state index contributed by atoms with van der Waals surface area (Å²) in [6.45, 7) is 4.15. The summed E-state index contributed by atoms with van der Waals surface area (Å²) in [4.78, 5) is 18.8. The van der Waals surface area contributed by atoms with Gasteiger partial charge >= 0.3 is 0 Å². The molecule has 4 nitrogen and oxygen atoms in total. The molecule has 0 spiro atoms. The fraction of sp³-hybridized carbons (Fsp3) is 0.0714. The molecule has 0 aliphatic rings. The molecule has 5 rings (SSSR count). The first-order valence-electron chi connectivity index (χ1n) is 10.6. The van der Waals surface area contributed by atoms with Crippen LogP contribution in [-0.2, 0) is 0 Å². The van der Waals surface area contributed by atoms with E-state index in [2.05, 4.69) is 79.5 Å². The Morgan fingerprint density at radius 2 is 0.844 bits per heavy atom. The monoisotopic (exact) mass is 414 g/mol. The topological polar surface area (TPSA) is 51.6 Å². The fourth-order valence-electron chi connectivity index (χ4n) is 3.49. The summed E-state index contributed by atoms with van der Waals surface area (Å²) in [7, 11) is 0. The van der Waals surface area contributed by atoms with Crippen molar-refractivity contribution in [1.82, 2.24) is 19.9 Å². The van der Waals surface area contributed by atoms with Crippen molar-refractivity contribution in [3.8, 4) is 45.4 Å². The van der Waals surface area contributed by atoms with Crippen molar-refractivity contribution in [2.24, 2.45) is 0 Å². The summed E-state index contributed by atoms with van der Waals surface area (Å²) in [5.74, 6) is 1.98. The highest BCUT2D eigenvalue weighted by Crippen LogP contribution is 2.26. The van der Waals surface area contributed by atoms with Crippen molar-refractivity contribution >= 4 is 0 Å². The molecule has 2 heterocycles. The van der Waals surface area contributed by atoms with Crippen LogP contribution in [0.3, 0.4) is 0 Å². The van der Waals surface area contributed by atoms with Crippen LogP contribution in [0.25, 0.3) is 45.4 Å². The normalized spacial score (nSPS) is 10.8. The number of nitrogens with zero attached hydrogens (tertiary/aromatic N) is 4. The van der Waals surface area contributed by atoms with Gasteiger partial charge in [-0.3, -0.25) is 4.98 Å². The first-order chi connectivity index (χ1) is 15.7. The maximum absolute atomic E-state index is 4.81. The Bertz CT molecular complexity index is 1280. The number of aromatic nitrogens is 4. The van der Waals surface area contributed by atoms with E-state index in [1.807, 2.05) is 30.3 Å². The molecule has 0 bridgehead atoms. The van der Waals surface area contributed by atoms with Crippen molar-refractivity contribution in [2.75, 3.05) is 0 Å². The standard InChI is InChI=1S/C28H22N4/c1-19-6-10-22(11-7-19)26-30-27(23-12-8-20(2)9-13-23)32-28(31-26)24-16-14-21(15-17-24)25-5-3-4-18-29-25/h3-18H,1-2H3. The van der Waals surface area contributed by atoms with E-state index in [-0.39, 0.29) is 0 Å². The fourth-order valence-corrected chi connectivity index (χ4v) is 3.49. The van der Waals surface area contributed by atoms with Gasteiger partial charge in [0.15, 0.2) is 17.5 Å². The zero-order valence-corrected chi connectivity index (χ0v) is 18.0. The molecule has 32 heavy (non-hydrogen) atoms. The van der Waals surface area contributed by atoms with Crippen LogP contribution in [0, 0.1) is 13.8 Å². The second kappa shape index (κ2) is 8.52. The van der Waals surface area contributed by atoms with Crippen molar-refractivity contribution < 1.29 is 0 Å². The van der Waals surface area contributed by atoms with E-state index >= 15 is 0 Å². The summed E-state index contributed by atoms with van der Waals surface area (Å²) >= 11 is 0. The molecule has 0 unspecified atom stereocenters. The Kier molecular flexibility index (Phi) is 5.26. The van der Waals surface area contributed by atoms with Crippen LogP contribution < -0.4 is 0 Å². The van der Waals surface area contributed by atoms with Crippen LogP contribution in [-0.4, -0.2) is 19.9 Å². The van der Waals surface area contributed by atoms with Crippen LogP contribution in [0.1, 0.15) is 11.1 Å². The van der Waals surface area contributed by atoms with Gasteiger partial charge in [-0.25, -0.2) is 15.0 Å². The van der Waals surface area contributed by atoms with Crippen LogP contribution in [0.4, 0.5) is 0 Å². The Balaban J connectivity index is 1.60. The van der Waals surface area contributed by atoms with Gasteiger partial charge < -0.3 is 0 Å². The van der Waals surface area contributed by atoms with Crippen LogP contribution >= 0.6 is 0 Å². The Morgan fingerprint density at radius 3 is 1.25 bits per heavy atom. The molecule has 0 fully saturated rings. The molecule has 4 heteroatoms. The average molecular weight is 415 g/mol. The van der Waals surface area contributed by atoms with Gasteiger partial charge in [-0.05, 0) is 26.0 Å². The molecule has 154 valence electrons. The maximum atomic E-state index is 4.81. The van der Waals surface area contributed by atoms with Crippen LogP contribution in [0.15, 0.2) is 97.2 Å². The lowest BCUT2D eigenvalue weighted by atomic mass is 10.1. The maximum Gasteiger partial charge on any atom is 0.164 e. The molecule has 0 saturated heterocycles. The van der Waals surface area contributed by atoms with Gasteiger partial charge in [0.2, 0.25) is 0 Å². The summed E-state index contributed by atoms with van der Waals surface area (Å²) in [5.41, 5.74) is 7.28. The van der Waals surface area contributed by atoms with Crippen molar-refractivity contribution in [3.05, 3.63) is 108 Å². The number of rotatable bonds is 4. The second-order valence-corrected chi connectivity index (χ2v) is 7.83. The summed E-state index contributed by atoms with van der Waals surface area (Å²) < 4.78 is 0. The SMILES string of the molecule is Cc1ccc(-c2nc(-c3ccc(C)cc3)nc(-c3ccc(-c4ccccn4)cc3)n2)cc1. The molecule has 0 aliphatic carbocycles. The molecule has 0 saturated carbocycles. The molecule has 0 amide bonds. The Labute approximate surface area is 187 Å². The molecule has 5 aromatic rings. The lowest BCUT2D eigenvalue weighted by molar-refractivity contribution is 1.07. The van der Waals surface area contributed by atoms with Gasteiger partial charge in [-0.1, -0.05) is 90.0 Å². The first-order valence-corrected chi connectivity index (χ1v) is 10.6. The number of hydrogen-bond donors (Lipinski definition) is 0. The molecule has 2 aromatic heterocycles. The van der Waals surface area contributed by atoms with E-state index in [4.69, 9.17) is 15.0 Å². The zero-order chi connectivity index (χ0) is 21.9. The van der Waals surface area contributed by atoms with Gasteiger partial charge in [0.1, 0.15) is 0 Å². The van der Waals surface area contributed by atoms with E-state index in [1.54, 1.807) is 6.20 Å². The molecule has 0 N–H and O–H groups in total. The highest BCUT2D eigenvalue weighted by atomic mass is 15.0. The van der Waals surface area contributed by atoms with E-state index in [0.717, 1.165) is 27.9 Å². The average Bonchev–Trinajstić information content (AvgIpc) is 2.85. The third kappa shape index (κ3) is 4.16. The minimum Gasteiger partial charge on any atom is -0.256 e. The summed E-state index contributed by atoms with van der Waals surface area (Å²) in [6.07, 6.45) is 1.80. The predicted octanol–water partition coefficient (Wildman–Crippen LogP) is 6.55. The van der Waals surface area contributed by atoms with Crippen molar-refractivity contribution in [1.29, 1.82) is 0 Å². The van der Waals surface area contributed by atoms with Gasteiger partial charge in [0.25, 0.3) is 0 Å². The minimum absolute atomic E-state index is 0.652. The van der Waals surface area contributed by atoms with Gasteiger partial charge in [-0.2, -0.15) is 0 Å². The molecular weight excluding hydrogens is 392 g/mol. The largest absolute Gasteiger partial charge is 0.256 e. The van der Waals surface area contributed by atoms with Crippen molar-refractivity contribution in [3.63, 3.8) is 0 Å². The number of hydrogen-bond acceptors (Lipinski definition) is 4. The Morgan fingerprint density at radius 1 is 0.438 bits per heavy atom. The smallest absolute Gasteiger partial charge is 0.164 e. The number of aryl methyl sites for hydroxylation is 2.